The number of primary amides is 1. The molecule has 1 aromatic rings. The molecule has 1 atom stereocenters. The second-order valence-corrected chi connectivity index (χ2v) is 4.41. The predicted octanol–water partition coefficient (Wildman–Crippen LogP) is 0.362. The largest absolute Gasteiger partial charge is 0.480 e. The zero-order valence-corrected chi connectivity index (χ0v) is 10.8. The monoisotopic (exact) mass is 264 g/mol. The molecule has 0 bridgehead atoms. The van der Waals surface area contributed by atoms with Crippen LogP contribution in [0.1, 0.15) is 27.9 Å². The maximum absolute atomic E-state index is 11.9. The third-order valence-electron chi connectivity index (χ3n) is 2.49. The van der Waals surface area contributed by atoms with Crippen LogP contribution in [0.15, 0.2) is 18.2 Å². The van der Waals surface area contributed by atoms with E-state index < -0.39 is 30.2 Å². The van der Waals surface area contributed by atoms with Gasteiger partial charge in [0.25, 0.3) is 5.91 Å². The van der Waals surface area contributed by atoms with Crippen LogP contribution in [0.4, 0.5) is 0 Å². The van der Waals surface area contributed by atoms with Crippen LogP contribution in [0.3, 0.4) is 0 Å². The highest BCUT2D eigenvalue weighted by atomic mass is 16.4. The molecule has 102 valence electrons. The average molecular weight is 264 g/mol. The van der Waals surface area contributed by atoms with Gasteiger partial charge in [-0.2, -0.15) is 0 Å². The van der Waals surface area contributed by atoms with Crippen molar-refractivity contribution < 1.29 is 19.5 Å². The van der Waals surface area contributed by atoms with E-state index in [0.29, 0.717) is 5.56 Å². The fraction of sp³-hybridized carbons (Fsp3) is 0.308. The lowest BCUT2D eigenvalue weighted by Gasteiger charge is -2.13. The first-order valence-corrected chi connectivity index (χ1v) is 5.70. The van der Waals surface area contributed by atoms with E-state index in [2.05, 4.69) is 5.32 Å². The molecule has 6 heteroatoms. The Hall–Kier alpha value is -2.37. The van der Waals surface area contributed by atoms with Gasteiger partial charge in [0.15, 0.2) is 0 Å². The number of carbonyl (C=O) groups excluding carboxylic acids is 2. The highest BCUT2D eigenvalue weighted by molar-refractivity contribution is 5.97. The molecule has 0 aliphatic heterocycles. The Morgan fingerprint density at radius 2 is 1.74 bits per heavy atom. The average Bonchev–Trinajstić information content (AvgIpc) is 2.25. The number of amides is 2. The lowest BCUT2D eigenvalue weighted by Crippen LogP contribution is -2.43. The molecule has 6 nitrogen and oxygen atoms in total. The Kier molecular flexibility index (Phi) is 4.63. The molecule has 0 saturated carbocycles. The van der Waals surface area contributed by atoms with Crippen molar-refractivity contribution in [3.63, 3.8) is 0 Å². The van der Waals surface area contributed by atoms with Gasteiger partial charge in [-0.15, -0.1) is 0 Å². The van der Waals surface area contributed by atoms with Gasteiger partial charge in [-0.25, -0.2) is 4.79 Å². The molecule has 0 fully saturated rings. The second kappa shape index (κ2) is 5.99. The Labute approximate surface area is 110 Å². The summed E-state index contributed by atoms with van der Waals surface area (Å²) in [5.74, 6) is -2.62. The Morgan fingerprint density at radius 3 is 2.16 bits per heavy atom. The molecule has 0 aliphatic carbocycles. The maximum Gasteiger partial charge on any atom is 0.326 e. The molecule has 1 unspecified atom stereocenters. The number of aryl methyl sites for hydroxylation is 2. The third kappa shape index (κ3) is 4.42. The number of benzene rings is 1. The lowest BCUT2D eigenvalue weighted by atomic mass is 10.1. The summed E-state index contributed by atoms with van der Waals surface area (Å²) >= 11 is 0. The Balaban J connectivity index is 2.87. The van der Waals surface area contributed by atoms with Crippen molar-refractivity contribution in [3.05, 3.63) is 34.9 Å². The quantitative estimate of drug-likeness (QED) is 0.713. The minimum atomic E-state index is -1.31. The van der Waals surface area contributed by atoms with Crippen LogP contribution >= 0.6 is 0 Å². The number of hydrogen-bond donors (Lipinski definition) is 3. The van der Waals surface area contributed by atoms with Gasteiger partial charge in [-0.1, -0.05) is 17.2 Å². The zero-order valence-electron chi connectivity index (χ0n) is 10.8. The second-order valence-electron chi connectivity index (χ2n) is 4.41. The molecule has 2 amide bonds. The molecular formula is C13H16N2O4. The van der Waals surface area contributed by atoms with E-state index in [1.807, 2.05) is 19.9 Å². The van der Waals surface area contributed by atoms with Gasteiger partial charge in [-0.05, 0) is 26.0 Å². The van der Waals surface area contributed by atoms with E-state index in [4.69, 9.17) is 10.8 Å². The van der Waals surface area contributed by atoms with Crippen LogP contribution in [-0.2, 0) is 9.59 Å². The van der Waals surface area contributed by atoms with E-state index >= 15 is 0 Å². The molecule has 0 aromatic heterocycles. The molecule has 0 aliphatic rings. The van der Waals surface area contributed by atoms with E-state index in [1.54, 1.807) is 12.1 Å². The fourth-order valence-corrected chi connectivity index (χ4v) is 1.75. The number of nitrogens with one attached hydrogen (secondary N) is 1. The standard InChI is InChI=1S/C13H16N2O4/c1-7-3-8(2)5-9(4-7)12(17)15-10(13(18)19)6-11(14)16/h3-5,10H,6H2,1-2H3,(H2,14,16)(H,15,17)(H,18,19). The number of nitrogens with two attached hydrogens (primary N) is 1. The van der Waals surface area contributed by atoms with Crippen molar-refractivity contribution in [2.45, 2.75) is 26.3 Å². The summed E-state index contributed by atoms with van der Waals surface area (Å²) in [6, 6.07) is 3.87. The molecule has 0 saturated heterocycles. The SMILES string of the molecule is Cc1cc(C)cc(C(=O)NC(CC(N)=O)C(=O)O)c1. The first-order valence-electron chi connectivity index (χ1n) is 5.70. The van der Waals surface area contributed by atoms with E-state index in [-0.39, 0.29) is 0 Å². The molecule has 0 heterocycles. The molecular weight excluding hydrogens is 248 g/mol. The van der Waals surface area contributed by atoms with Crippen LogP contribution in [0.25, 0.3) is 0 Å². The van der Waals surface area contributed by atoms with Crippen molar-refractivity contribution in [1.82, 2.24) is 5.32 Å². The zero-order chi connectivity index (χ0) is 14.6. The first kappa shape index (κ1) is 14.7. The molecule has 1 rings (SSSR count). The van der Waals surface area contributed by atoms with E-state index in [9.17, 15) is 14.4 Å². The number of carboxylic acid groups (broad SMARTS) is 1. The van der Waals surface area contributed by atoms with Crippen molar-refractivity contribution in [3.8, 4) is 0 Å². The minimum absolute atomic E-state index is 0.355. The molecule has 1 aromatic carbocycles. The van der Waals surface area contributed by atoms with E-state index in [1.165, 1.54) is 0 Å². The topological polar surface area (TPSA) is 109 Å². The van der Waals surface area contributed by atoms with Gasteiger partial charge in [0.2, 0.25) is 5.91 Å². The van der Waals surface area contributed by atoms with Gasteiger partial charge >= 0.3 is 5.97 Å². The highest BCUT2D eigenvalue weighted by Crippen LogP contribution is 2.09. The smallest absolute Gasteiger partial charge is 0.326 e. The number of rotatable bonds is 5. The van der Waals surface area contributed by atoms with Gasteiger partial charge in [0, 0.05) is 5.56 Å². The summed E-state index contributed by atoms with van der Waals surface area (Å²) in [6.45, 7) is 3.67. The van der Waals surface area contributed by atoms with Crippen molar-refractivity contribution >= 4 is 17.8 Å². The van der Waals surface area contributed by atoms with Crippen LogP contribution in [0.2, 0.25) is 0 Å². The number of hydrogen-bond acceptors (Lipinski definition) is 3. The van der Waals surface area contributed by atoms with Crippen LogP contribution in [-0.4, -0.2) is 28.9 Å². The molecule has 4 N–H and O–H groups in total. The summed E-state index contributed by atoms with van der Waals surface area (Å²) < 4.78 is 0. The summed E-state index contributed by atoms with van der Waals surface area (Å²) in [6.07, 6.45) is -0.439. The summed E-state index contributed by atoms with van der Waals surface area (Å²) in [7, 11) is 0. The van der Waals surface area contributed by atoms with Crippen LogP contribution in [0, 0.1) is 13.8 Å². The first-order chi connectivity index (χ1) is 8.79. The third-order valence-corrected chi connectivity index (χ3v) is 2.49. The minimum Gasteiger partial charge on any atom is -0.480 e. The Bertz CT molecular complexity index is 505. The van der Waals surface area contributed by atoms with Crippen molar-refractivity contribution in [2.24, 2.45) is 5.73 Å². The van der Waals surface area contributed by atoms with Crippen molar-refractivity contribution in [1.29, 1.82) is 0 Å². The summed E-state index contributed by atoms with van der Waals surface area (Å²) in [5, 5.41) is 11.2. The summed E-state index contributed by atoms with van der Waals surface area (Å²) in [5.41, 5.74) is 7.09. The maximum atomic E-state index is 11.9. The number of carboxylic acids is 1. The van der Waals surface area contributed by atoms with Gasteiger partial charge in [-0.3, -0.25) is 9.59 Å². The highest BCUT2D eigenvalue weighted by Gasteiger charge is 2.22. The van der Waals surface area contributed by atoms with Crippen LogP contribution < -0.4 is 11.1 Å². The summed E-state index contributed by atoms with van der Waals surface area (Å²) in [4.78, 5) is 33.6. The molecule has 0 spiro atoms. The molecule has 19 heavy (non-hydrogen) atoms. The van der Waals surface area contributed by atoms with Gasteiger partial charge in [0.05, 0.1) is 6.42 Å². The lowest BCUT2D eigenvalue weighted by molar-refractivity contribution is -0.140. The normalized spacial score (nSPS) is 11.7. The van der Waals surface area contributed by atoms with Gasteiger partial charge < -0.3 is 16.2 Å². The number of aliphatic carboxylic acids is 1. The number of carbonyl (C=O) groups is 3. The van der Waals surface area contributed by atoms with Gasteiger partial charge in [0.1, 0.15) is 6.04 Å². The van der Waals surface area contributed by atoms with Crippen molar-refractivity contribution in [2.75, 3.05) is 0 Å². The van der Waals surface area contributed by atoms with Crippen LogP contribution in [0.5, 0.6) is 0 Å². The fourth-order valence-electron chi connectivity index (χ4n) is 1.75. The van der Waals surface area contributed by atoms with E-state index in [0.717, 1.165) is 11.1 Å². The molecule has 0 radical (unpaired) electrons. The Morgan fingerprint density at radius 1 is 1.21 bits per heavy atom. The predicted molar refractivity (Wildman–Crippen MR) is 68.6 cm³/mol.